The molecule has 1 fully saturated rings. The van der Waals surface area contributed by atoms with Gasteiger partial charge in [-0.3, -0.25) is 0 Å². The lowest BCUT2D eigenvalue weighted by Gasteiger charge is -2.26. The molecule has 0 N–H and O–H groups in total. The quantitative estimate of drug-likeness (QED) is 0.635. The third-order valence-electron chi connectivity index (χ3n) is 3.74. The van der Waals surface area contributed by atoms with E-state index in [-0.39, 0.29) is 12.3 Å². The van der Waals surface area contributed by atoms with Gasteiger partial charge in [-0.15, -0.1) is 0 Å². The highest BCUT2D eigenvalue weighted by molar-refractivity contribution is 5.10. The van der Waals surface area contributed by atoms with E-state index in [9.17, 15) is 22.0 Å². The second-order valence-electron chi connectivity index (χ2n) is 4.62. The predicted octanol–water partition coefficient (Wildman–Crippen LogP) is 4.26. The maximum Gasteiger partial charge on any atom is 0.453 e. The molecular weight excluding hydrogens is 215 g/mol. The number of rotatable bonds is 3. The van der Waals surface area contributed by atoms with E-state index in [1.165, 1.54) is 0 Å². The zero-order valence-electron chi connectivity index (χ0n) is 8.96. The first-order chi connectivity index (χ1) is 6.59. The van der Waals surface area contributed by atoms with Gasteiger partial charge in [0.15, 0.2) is 0 Å². The van der Waals surface area contributed by atoms with Crippen LogP contribution in [0.5, 0.6) is 0 Å². The lowest BCUT2D eigenvalue weighted by Crippen LogP contribution is -2.41. The van der Waals surface area contributed by atoms with E-state index in [4.69, 9.17) is 0 Å². The summed E-state index contributed by atoms with van der Waals surface area (Å²) in [5, 5.41) is 0. The van der Waals surface area contributed by atoms with Gasteiger partial charge in [-0.25, -0.2) is 0 Å². The smallest absolute Gasteiger partial charge is 0.196 e. The molecular formula is C10H15F5. The number of hydrogen-bond donors (Lipinski definition) is 0. The molecule has 0 radical (unpaired) electrons. The van der Waals surface area contributed by atoms with Crippen LogP contribution in [0.15, 0.2) is 0 Å². The molecule has 0 aliphatic heterocycles. The van der Waals surface area contributed by atoms with Gasteiger partial charge in [0.05, 0.1) is 0 Å². The standard InChI is InChI=1S/C10H15F5/c1-4-8(6(2)3)5-7(8)9(11,12)10(13,14)15/h6-7H,4-5H2,1-3H3. The summed E-state index contributed by atoms with van der Waals surface area (Å²) in [5.74, 6) is -6.21. The topological polar surface area (TPSA) is 0 Å². The zero-order valence-corrected chi connectivity index (χ0v) is 8.96. The van der Waals surface area contributed by atoms with Crippen LogP contribution in [-0.4, -0.2) is 12.1 Å². The van der Waals surface area contributed by atoms with E-state index < -0.39 is 23.4 Å². The van der Waals surface area contributed by atoms with Crippen molar-refractivity contribution in [1.29, 1.82) is 0 Å². The van der Waals surface area contributed by atoms with Crippen LogP contribution >= 0.6 is 0 Å². The first-order valence-electron chi connectivity index (χ1n) is 5.04. The highest BCUT2D eigenvalue weighted by atomic mass is 19.4. The van der Waals surface area contributed by atoms with Gasteiger partial charge in [-0.05, 0) is 24.2 Å². The van der Waals surface area contributed by atoms with E-state index in [1.807, 2.05) is 0 Å². The van der Waals surface area contributed by atoms with Gasteiger partial charge in [-0.2, -0.15) is 22.0 Å². The van der Waals surface area contributed by atoms with Gasteiger partial charge in [0.2, 0.25) is 0 Å². The van der Waals surface area contributed by atoms with E-state index >= 15 is 0 Å². The Labute approximate surface area is 85.8 Å². The van der Waals surface area contributed by atoms with Gasteiger partial charge in [0.1, 0.15) is 0 Å². The van der Waals surface area contributed by atoms with Gasteiger partial charge in [0, 0.05) is 5.92 Å². The molecule has 0 bridgehead atoms. The molecule has 2 unspecified atom stereocenters. The largest absolute Gasteiger partial charge is 0.453 e. The first-order valence-corrected chi connectivity index (χ1v) is 5.04. The summed E-state index contributed by atoms with van der Waals surface area (Å²) in [4.78, 5) is 0. The fourth-order valence-electron chi connectivity index (χ4n) is 2.44. The van der Waals surface area contributed by atoms with Gasteiger partial charge < -0.3 is 0 Å². The lowest BCUT2D eigenvalue weighted by molar-refractivity contribution is -0.295. The molecule has 0 aromatic carbocycles. The van der Waals surface area contributed by atoms with Crippen molar-refractivity contribution >= 4 is 0 Å². The minimum atomic E-state index is -5.41. The monoisotopic (exact) mass is 230 g/mol. The molecule has 1 saturated carbocycles. The molecule has 5 heteroatoms. The maximum atomic E-state index is 13.0. The third-order valence-corrected chi connectivity index (χ3v) is 3.74. The molecule has 0 saturated heterocycles. The Hall–Kier alpha value is -0.350. The van der Waals surface area contributed by atoms with Crippen LogP contribution in [0.2, 0.25) is 0 Å². The SMILES string of the molecule is CCC1(C(C)C)CC1C(F)(F)C(F)(F)F. The van der Waals surface area contributed by atoms with Crippen LogP contribution in [0, 0.1) is 17.3 Å². The molecule has 1 aliphatic rings. The number of hydrogen-bond acceptors (Lipinski definition) is 0. The molecule has 2 atom stereocenters. The molecule has 0 heterocycles. The van der Waals surface area contributed by atoms with Crippen LogP contribution in [0.4, 0.5) is 22.0 Å². The fourth-order valence-corrected chi connectivity index (χ4v) is 2.44. The Morgan fingerprint density at radius 3 is 1.87 bits per heavy atom. The van der Waals surface area contributed by atoms with Crippen molar-refractivity contribution in [3.05, 3.63) is 0 Å². The summed E-state index contributed by atoms with van der Waals surface area (Å²) in [6.07, 6.45) is -5.06. The lowest BCUT2D eigenvalue weighted by atomic mass is 9.85. The first kappa shape index (κ1) is 12.7. The van der Waals surface area contributed by atoms with Gasteiger partial charge in [0.25, 0.3) is 0 Å². The highest BCUT2D eigenvalue weighted by Crippen LogP contribution is 2.68. The van der Waals surface area contributed by atoms with E-state index in [0.29, 0.717) is 6.42 Å². The van der Waals surface area contributed by atoms with Crippen molar-refractivity contribution in [2.24, 2.45) is 17.3 Å². The summed E-state index contributed by atoms with van der Waals surface area (Å²) >= 11 is 0. The zero-order chi connectivity index (χ0) is 12.1. The normalized spacial score (nSPS) is 32.2. The molecule has 0 spiro atoms. The molecule has 15 heavy (non-hydrogen) atoms. The average Bonchev–Trinajstić information content (AvgIpc) is 2.77. The van der Waals surface area contributed by atoms with Crippen molar-refractivity contribution in [2.45, 2.75) is 45.7 Å². The second-order valence-corrected chi connectivity index (χ2v) is 4.62. The summed E-state index contributed by atoms with van der Waals surface area (Å²) in [6, 6.07) is 0. The van der Waals surface area contributed by atoms with E-state index in [0.717, 1.165) is 0 Å². The van der Waals surface area contributed by atoms with Crippen molar-refractivity contribution in [2.75, 3.05) is 0 Å². The number of alkyl halides is 5. The van der Waals surface area contributed by atoms with E-state index in [2.05, 4.69) is 0 Å². The molecule has 1 rings (SSSR count). The minimum absolute atomic E-state index is 0.0202. The predicted molar refractivity (Wildman–Crippen MR) is 46.7 cm³/mol. The summed E-state index contributed by atoms with van der Waals surface area (Å²) < 4.78 is 62.4. The molecule has 0 aromatic heterocycles. The summed E-state index contributed by atoms with van der Waals surface area (Å²) in [7, 11) is 0. The third kappa shape index (κ3) is 1.74. The molecule has 0 amide bonds. The Bertz CT molecular complexity index is 243. The van der Waals surface area contributed by atoms with E-state index in [1.54, 1.807) is 20.8 Å². The van der Waals surface area contributed by atoms with Crippen LogP contribution < -0.4 is 0 Å². The second kappa shape index (κ2) is 3.32. The summed E-state index contributed by atoms with van der Waals surface area (Å²) in [5.41, 5.74) is -0.820. The minimum Gasteiger partial charge on any atom is -0.196 e. The Kier molecular flexibility index (Phi) is 2.81. The Morgan fingerprint density at radius 2 is 1.67 bits per heavy atom. The van der Waals surface area contributed by atoms with Crippen molar-refractivity contribution in [3.8, 4) is 0 Å². The van der Waals surface area contributed by atoms with Crippen molar-refractivity contribution < 1.29 is 22.0 Å². The van der Waals surface area contributed by atoms with Crippen LogP contribution in [-0.2, 0) is 0 Å². The molecule has 0 nitrogen and oxygen atoms in total. The highest BCUT2D eigenvalue weighted by Gasteiger charge is 2.74. The van der Waals surface area contributed by atoms with Crippen LogP contribution in [0.3, 0.4) is 0 Å². The molecule has 90 valence electrons. The van der Waals surface area contributed by atoms with Crippen molar-refractivity contribution in [3.63, 3.8) is 0 Å². The van der Waals surface area contributed by atoms with Gasteiger partial charge in [-0.1, -0.05) is 20.8 Å². The molecule has 0 aromatic rings. The van der Waals surface area contributed by atoms with Gasteiger partial charge >= 0.3 is 12.1 Å². The van der Waals surface area contributed by atoms with Crippen LogP contribution in [0.1, 0.15) is 33.6 Å². The average molecular weight is 230 g/mol. The van der Waals surface area contributed by atoms with Crippen molar-refractivity contribution in [1.82, 2.24) is 0 Å². The number of halogens is 5. The maximum absolute atomic E-state index is 13.0. The Morgan fingerprint density at radius 1 is 1.20 bits per heavy atom. The Balaban J connectivity index is 2.87. The van der Waals surface area contributed by atoms with Crippen LogP contribution in [0.25, 0.3) is 0 Å². The molecule has 1 aliphatic carbocycles. The summed E-state index contributed by atoms with van der Waals surface area (Å²) in [6.45, 7) is 5.08. The fraction of sp³-hybridized carbons (Fsp3) is 1.00.